The summed E-state index contributed by atoms with van der Waals surface area (Å²) in [5, 5.41) is 2.80. The monoisotopic (exact) mass is 398 g/mol. The number of hydrogen-bond acceptors (Lipinski definition) is 0. The largest absolute Gasteiger partial charge is 0.0779 e. The molecule has 0 heterocycles. The van der Waals surface area contributed by atoms with Crippen molar-refractivity contribution in [2.75, 3.05) is 0 Å². The zero-order valence-electron chi connectivity index (χ0n) is 20.4. The second-order valence-corrected chi connectivity index (χ2v) is 9.36. The molecule has 3 aromatic rings. The van der Waals surface area contributed by atoms with E-state index in [2.05, 4.69) is 89.2 Å². The maximum absolute atomic E-state index is 2.41. The van der Waals surface area contributed by atoms with Gasteiger partial charge in [-0.1, -0.05) is 116 Å². The second-order valence-electron chi connectivity index (χ2n) is 9.36. The van der Waals surface area contributed by atoms with Crippen LogP contribution in [0.4, 0.5) is 0 Å². The molecule has 0 bridgehead atoms. The third kappa shape index (κ3) is 3.31. The predicted molar refractivity (Wildman–Crippen MR) is 135 cm³/mol. The number of allylic oxidation sites excluding steroid dienone is 1. The Morgan fingerprint density at radius 1 is 0.800 bits per heavy atom. The van der Waals surface area contributed by atoms with Crippen LogP contribution in [0.2, 0.25) is 0 Å². The summed E-state index contributed by atoms with van der Waals surface area (Å²) in [7, 11) is 0. The molecule has 0 saturated carbocycles. The van der Waals surface area contributed by atoms with Crippen molar-refractivity contribution in [3.63, 3.8) is 0 Å². The molecular formula is C30H38. The van der Waals surface area contributed by atoms with Crippen LogP contribution in [0, 0.1) is 12.3 Å². The molecule has 0 aromatic heterocycles. The van der Waals surface area contributed by atoms with E-state index in [1.54, 1.807) is 11.1 Å². The minimum atomic E-state index is 0.0477. The van der Waals surface area contributed by atoms with E-state index in [0.29, 0.717) is 0 Å². The molecule has 30 heavy (non-hydrogen) atoms. The minimum Gasteiger partial charge on any atom is -0.0779 e. The smallest absolute Gasteiger partial charge is 0.0162 e. The molecule has 0 spiro atoms. The van der Waals surface area contributed by atoms with Crippen LogP contribution in [0.5, 0.6) is 0 Å². The van der Waals surface area contributed by atoms with Crippen molar-refractivity contribution in [3.05, 3.63) is 76.4 Å². The van der Waals surface area contributed by atoms with Crippen LogP contribution >= 0.6 is 0 Å². The number of rotatable bonds is 0. The Balaban J connectivity index is 0.000000606. The van der Waals surface area contributed by atoms with E-state index in [4.69, 9.17) is 0 Å². The third-order valence-electron chi connectivity index (χ3n) is 6.44. The fraction of sp³-hybridized carbons (Fsp3) is 0.400. The van der Waals surface area contributed by atoms with Crippen molar-refractivity contribution in [2.24, 2.45) is 5.41 Å². The molecule has 5 rings (SSSR count). The SMILES string of the molecule is CC.CC.Cc1ccc2c(c1)C(C)(C)c1c3c(c4ccccc4c1-2)C=CC(C)(C)C3. The Kier molecular flexibility index (Phi) is 6.01. The van der Waals surface area contributed by atoms with Crippen LogP contribution < -0.4 is 0 Å². The first kappa shape index (κ1) is 22.3. The van der Waals surface area contributed by atoms with Crippen LogP contribution in [0.1, 0.15) is 83.2 Å². The zero-order chi connectivity index (χ0) is 22.3. The molecule has 0 fully saturated rings. The van der Waals surface area contributed by atoms with Gasteiger partial charge in [0.1, 0.15) is 0 Å². The number of benzene rings is 3. The summed E-state index contributed by atoms with van der Waals surface area (Å²) in [6.45, 7) is 19.7. The summed E-state index contributed by atoms with van der Waals surface area (Å²) < 4.78 is 0. The molecule has 0 amide bonds. The molecule has 0 atom stereocenters. The predicted octanol–water partition coefficient (Wildman–Crippen LogP) is 9.10. The lowest BCUT2D eigenvalue weighted by Crippen LogP contribution is -2.23. The highest BCUT2D eigenvalue weighted by Gasteiger charge is 2.41. The van der Waals surface area contributed by atoms with Crippen LogP contribution in [-0.4, -0.2) is 0 Å². The first-order valence-corrected chi connectivity index (χ1v) is 11.7. The van der Waals surface area contributed by atoms with Crippen molar-refractivity contribution < 1.29 is 0 Å². The van der Waals surface area contributed by atoms with Crippen LogP contribution in [-0.2, 0) is 11.8 Å². The average molecular weight is 399 g/mol. The van der Waals surface area contributed by atoms with Gasteiger partial charge in [-0.05, 0) is 62.9 Å². The molecule has 2 aliphatic carbocycles. The summed E-state index contributed by atoms with van der Waals surface area (Å²) in [6, 6.07) is 16.0. The Bertz CT molecular complexity index is 1110. The lowest BCUT2D eigenvalue weighted by molar-refractivity contribution is 0.469. The summed E-state index contributed by atoms with van der Waals surface area (Å²) >= 11 is 0. The van der Waals surface area contributed by atoms with E-state index in [9.17, 15) is 0 Å². The molecule has 0 saturated heterocycles. The van der Waals surface area contributed by atoms with Gasteiger partial charge in [-0.25, -0.2) is 0 Å². The lowest BCUT2D eigenvalue weighted by atomic mass is 9.71. The van der Waals surface area contributed by atoms with E-state index < -0.39 is 0 Å². The molecule has 0 aliphatic heterocycles. The van der Waals surface area contributed by atoms with Gasteiger partial charge in [0.25, 0.3) is 0 Å². The van der Waals surface area contributed by atoms with Crippen molar-refractivity contribution in [2.45, 2.75) is 74.1 Å². The van der Waals surface area contributed by atoms with Gasteiger partial charge in [0.2, 0.25) is 0 Å². The molecule has 0 nitrogen and oxygen atoms in total. The first-order valence-electron chi connectivity index (χ1n) is 11.7. The maximum atomic E-state index is 2.41. The molecule has 2 aliphatic rings. The third-order valence-corrected chi connectivity index (χ3v) is 6.44. The molecular weight excluding hydrogens is 360 g/mol. The summed E-state index contributed by atoms with van der Waals surface area (Å²) in [5.74, 6) is 0. The Hall–Kier alpha value is -2.34. The van der Waals surface area contributed by atoms with Gasteiger partial charge in [-0.3, -0.25) is 0 Å². The Morgan fingerprint density at radius 3 is 2.10 bits per heavy atom. The quantitative estimate of drug-likeness (QED) is 0.354. The van der Waals surface area contributed by atoms with Gasteiger partial charge in [-0.15, -0.1) is 0 Å². The summed E-state index contributed by atoms with van der Waals surface area (Å²) in [4.78, 5) is 0. The van der Waals surface area contributed by atoms with Crippen molar-refractivity contribution in [3.8, 4) is 11.1 Å². The Labute approximate surface area is 184 Å². The zero-order valence-corrected chi connectivity index (χ0v) is 20.4. The molecule has 0 heteroatoms. The highest BCUT2D eigenvalue weighted by Crippen LogP contribution is 2.55. The number of fused-ring (bicyclic) bond motifs is 8. The van der Waals surface area contributed by atoms with Gasteiger partial charge in [0, 0.05) is 5.41 Å². The highest BCUT2D eigenvalue weighted by molar-refractivity contribution is 6.07. The summed E-state index contributed by atoms with van der Waals surface area (Å²) in [6.07, 6.45) is 5.89. The van der Waals surface area contributed by atoms with E-state index in [1.165, 1.54) is 38.6 Å². The Morgan fingerprint density at radius 2 is 1.43 bits per heavy atom. The summed E-state index contributed by atoms with van der Waals surface area (Å²) in [5.41, 5.74) is 10.6. The van der Waals surface area contributed by atoms with Crippen molar-refractivity contribution >= 4 is 16.8 Å². The normalized spacial score (nSPS) is 16.4. The van der Waals surface area contributed by atoms with Crippen molar-refractivity contribution in [1.82, 2.24) is 0 Å². The van der Waals surface area contributed by atoms with Gasteiger partial charge < -0.3 is 0 Å². The van der Waals surface area contributed by atoms with Gasteiger partial charge in [0.15, 0.2) is 0 Å². The average Bonchev–Trinajstić information content (AvgIpc) is 2.98. The van der Waals surface area contributed by atoms with Gasteiger partial charge in [-0.2, -0.15) is 0 Å². The molecule has 158 valence electrons. The fourth-order valence-electron chi connectivity index (χ4n) is 5.21. The standard InChI is InChI=1S/C26H26.2C2H6/c1-16-10-11-20-22(14-16)26(4,5)24-21-15-25(2,3)13-12-18(21)17-8-6-7-9-19(17)23(20)24;2*1-2/h6-14H,15H2,1-5H3;2*1-2H3. The lowest BCUT2D eigenvalue weighted by Gasteiger charge is -2.33. The molecule has 0 unspecified atom stereocenters. The number of hydrogen-bond donors (Lipinski definition) is 0. The van der Waals surface area contributed by atoms with E-state index >= 15 is 0 Å². The number of aryl methyl sites for hydroxylation is 1. The van der Waals surface area contributed by atoms with E-state index in [0.717, 1.165) is 6.42 Å². The highest BCUT2D eigenvalue weighted by atomic mass is 14.4. The molecule has 0 N–H and O–H groups in total. The topological polar surface area (TPSA) is 0 Å². The van der Waals surface area contributed by atoms with Gasteiger partial charge >= 0.3 is 0 Å². The van der Waals surface area contributed by atoms with Gasteiger partial charge in [0.05, 0.1) is 0 Å². The van der Waals surface area contributed by atoms with Crippen molar-refractivity contribution in [1.29, 1.82) is 0 Å². The maximum Gasteiger partial charge on any atom is 0.0162 e. The molecule has 0 radical (unpaired) electrons. The molecule has 3 aromatic carbocycles. The van der Waals surface area contributed by atoms with E-state index in [-0.39, 0.29) is 10.8 Å². The van der Waals surface area contributed by atoms with Crippen LogP contribution in [0.25, 0.3) is 28.0 Å². The second kappa shape index (κ2) is 8.06. The van der Waals surface area contributed by atoms with Crippen LogP contribution in [0.15, 0.2) is 48.5 Å². The van der Waals surface area contributed by atoms with Crippen LogP contribution in [0.3, 0.4) is 0 Å². The first-order chi connectivity index (χ1) is 14.3. The fourth-order valence-corrected chi connectivity index (χ4v) is 5.21. The van der Waals surface area contributed by atoms with E-state index in [1.807, 2.05) is 27.7 Å². The minimum absolute atomic E-state index is 0.0477.